The van der Waals surface area contributed by atoms with Crippen LogP contribution in [0.4, 0.5) is 0 Å². The Morgan fingerprint density at radius 2 is 2.12 bits per heavy atom. The van der Waals surface area contributed by atoms with Crippen molar-refractivity contribution in [3.05, 3.63) is 17.8 Å². The summed E-state index contributed by atoms with van der Waals surface area (Å²) in [5.41, 5.74) is 0.365. The van der Waals surface area contributed by atoms with Crippen molar-refractivity contribution in [1.82, 2.24) is 4.31 Å². The summed E-state index contributed by atoms with van der Waals surface area (Å²) in [5, 5.41) is 4.97. The zero-order valence-electron chi connectivity index (χ0n) is 8.82. The molecule has 0 atom stereocenters. The van der Waals surface area contributed by atoms with Crippen LogP contribution >= 0.6 is 11.3 Å². The number of hydrogen-bond donors (Lipinski definition) is 1. The van der Waals surface area contributed by atoms with E-state index in [-0.39, 0.29) is 8.42 Å². The predicted molar refractivity (Wildman–Crippen MR) is 64.3 cm³/mol. The van der Waals surface area contributed by atoms with Crippen LogP contribution < -0.4 is 5.14 Å². The first-order valence-corrected chi connectivity index (χ1v) is 8.44. The van der Waals surface area contributed by atoms with Crippen LogP contribution in [0.5, 0.6) is 0 Å². The monoisotopic (exact) mass is 294 g/mol. The summed E-state index contributed by atoms with van der Waals surface area (Å²) in [6, 6.07) is 1.27. The Morgan fingerprint density at radius 1 is 1.47 bits per heavy atom. The van der Waals surface area contributed by atoms with Gasteiger partial charge in [-0.25, -0.2) is 22.0 Å². The van der Waals surface area contributed by atoms with Crippen molar-refractivity contribution >= 4 is 37.5 Å². The van der Waals surface area contributed by atoms with Gasteiger partial charge in [0.2, 0.25) is 10.0 Å². The number of fused-ring (bicyclic) bond motifs is 1. The van der Waals surface area contributed by atoms with E-state index in [0.717, 1.165) is 4.31 Å². The number of nitrogens with zero attached hydrogens (tertiary/aromatic N) is 1. The third-order valence-corrected chi connectivity index (χ3v) is 7.21. The van der Waals surface area contributed by atoms with Crippen LogP contribution in [0, 0.1) is 0 Å². The SMILES string of the molecule is CCN1C=Cc2cc(S(N)(=O)=O)sc2S1(=O)=O. The fourth-order valence-corrected chi connectivity index (χ4v) is 5.40. The lowest BCUT2D eigenvalue weighted by molar-refractivity contribution is 0.512. The Hall–Kier alpha value is -0.900. The van der Waals surface area contributed by atoms with E-state index >= 15 is 0 Å². The van der Waals surface area contributed by atoms with Gasteiger partial charge in [-0.05, 0) is 19.1 Å². The predicted octanol–water partition coefficient (Wildman–Crippen LogP) is 0.390. The summed E-state index contributed by atoms with van der Waals surface area (Å²) in [5.74, 6) is 0. The molecule has 0 fully saturated rings. The highest BCUT2D eigenvalue weighted by atomic mass is 32.3. The molecule has 2 N–H and O–H groups in total. The molecule has 2 rings (SSSR count). The molecule has 1 aromatic heterocycles. The Kier molecular flexibility index (Phi) is 2.81. The van der Waals surface area contributed by atoms with E-state index in [2.05, 4.69) is 0 Å². The quantitative estimate of drug-likeness (QED) is 0.853. The molecule has 94 valence electrons. The minimum Gasteiger partial charge on any atom is -0.273 e. The van der Waals surface area contributed by atoms with Gasteiger partial charge < -0.3 is 0 Å². The normalized spacial score (nSPS) is 18.1. The number of rotatable bonds is 2. The number of sulfonamides is 2. The van der Waals surface area contributed by atoms with E-state index < -0.39 is 20.0 Å². The average molecular weight is 294 g/mol. The van der Waals surface area contributed by atoms with Gasteiger partial charge in [0, 0.05) is 18.3 Å². The molecule has 0 saturated heterocycles. The largest absolute Gasteiger partial charge is 0.273 e. The van der Waals surface area contributed by atoms with Crippen LogP contribution in [0.1, 0.15) is 12.5 Å². The first-order valence-electron chi connectivity index (χ1n) is 4.63. The lowest BCUT2D eigenvalue weighted by Crippen LogP contribution is -2.27. The van der Waals surface area contributed by atoms with Crippen molar-refractivity contribution < 1.29 is 16.8 Å². The minimum atomic E-state index is -3.87. The molecule has 1 aliphatic heterocycles. The van der Waals surface area contributed by atoms with Crippen molar-refractivity contribution in [2.24, 2.45) is 5.14 Å². The molecular formula is C8H10N2O4S3. The molecule has 0 spiro atoms. The van der Waals surface area contributed by atoms with E-state index in [0.29, 0.717) is 23.4 Å². The third-order valence-electron chi connectivity index (χ3n) is 2.26. The molecule has 1 aromatic rings. The van der Waals surface area contributed by atoms with Gasteiger partial charge in [0.1, 0.15) is 8.42 Å². The summed E-state index contributed by atoms with van der Waals surface area (Å²) >= 11 is 0.674. The Labute approximate surface area is 103 Å². The maximum atomic E-state index is 12.0. The van der Waals surface area contributed by atoms with Gasteiger partial charge in [-0.2, -0.15) is 0 Å². The van der Waals surface area contributed by atoms with E-state index in [1.54, 1.807) is 13.0 Å². The average Bonchev–Trinajstić information content (AvgIpc) is 2.62. The van der Waals surface area contributed by atoms with E-state index in [9.17, 15) is 16.8 Å². The standard InChI is InChI=1S/C8H10N2O4S3/c1-2-10-4-3-6-5-7(16(9,11)12)15-8(6)17(10,13)14/h3-5H,2H2,1H3,(H2,9,11,12). The molecule has 0 bridgehead atoms. The molecule has 2 heterocycles. The van der Waals surface area contributed by atoms with Gasteiger partial charge >= 0.3 is 0 Å². The Morgan fingerprint density at radius 3 is 2.65 bits per heavy atom. The topological polar surface area (TPSA) is 97.5 Å². The van der Waals surface area contributed by atoms with E-state index in [1.807, 2.05) is 0 Å². The van der Waals surface area contributed by atoms with Gasteiger partial charge in [-0.15, -0.1) is 11.3 Å². The van der Waals surface area contributed by atoms with Gasteiger partial charge in [-0.3, -0.25) is 4.31 Å². The minimum absolute atomic E-state index is 0.0193. The molecule has 6 nitrogen and oxygen atoms in total. The fourth-order valence-electron chi connectivity index (χ4n) is 1.45. The maximum absolute atomic E-state index is 12.0. The zero-order chi connectivity index (χ0) is 12.8. The highest BCUT2D eigenvalue weighted by molar-refractivity contribution is 7.94. The second kappa shape index (κ2) is 3.80. The van der Waals surface area contributed by atoms with E-state index in [4.69, 9.17) is 5.14 Å². The molecule has 0 aromatic carbocycles. The molecule has 0 aliphatic carbocycles. The van der Waals surface area contributed by atoms with Crippen LogP contribution in [0.25, 0.3) is 6.08 Å². The third kappa shape index (κ3) is 1.99. The molecule has 0 saturated carbocycles. The van der Waals surface area contributed by atoms with Crippen molar-refractivity contribution in [3.63, 3.8) is 0 Å². The van der Waals surface area contributed by atoms with Gasteiger partial charge in [-0.1, -0.05) is 0 Å². The lowest BCUT2D eigenvalue weighted by atomic mass is 10.3. The van der Waals surface area contributed by atoms with Gasteiger partial charge in [0.05, 0.1) is 0 Å². The molecular weight excluding hydrogens is 284 g/mol. The van der Waals surface area contributed by atoms with Crippen LogP contribution in [0.2, 0.25) is 0 Å². The molecule has 0 amide bonds. The highest BCUT2D eigenvalue weighted by Gasteiger charge is 2.30. The summed E-state index contributed by atoms with van der Waals surface area (Å²) in [6.07, 6.45) is 2.97. The summed E-state index contributed by atoms with van der Waals surface area (Å²) in [7, 11) is -7.50. The van der Waals surface area contributed by atoms with Crippen LogP contribution in [-0.4, -0.2) is 27.7 Å². The smallest absolute Gasteiger partial charge is 0.273 e. The van der Waals surface area contributed by atoms with Gasteiger partial charge in [0.15, 0.2) is 0 Å². The summed E-state index contributed by atoms with van der Waals surface area (Å²) < 4.78 is 47.4. The lowest BCUT2D eigenvalue weighted by Gasteiger charge is -2.20. The number of thiophene rings is 1. The van der Waals surface area contributed by atoms with Crippen molar-refractivity contribution in [2.45, 2.75) is 15.3 Å². The number of nitrogens with two attached hydrogens (primary N) is 1. The first-order chi connectivity index (χ1) is 7.76. The Bertz CT molecular complexity index is 684. The number of hydrogen-bond acceptors (Lipinski definition) is 5. The summed E-state index contributed by atoms with van der Waals surface area (Å²) in [6.45, 7) is 1.99. The van der Waals surface area contributed by atoms with Crippen molar-refractivity contribution in [1.29, 1.82) is 0 Å². The van der Waals surface area contributed by atoms with Crippen LogP contribution in [-0.2, 0) is 20.0 Å². The van der Waals surface area contributed by atoms with Crippen LogP contribution in [0.15, 0.2) is 20.7 Å². The number of primary sulfonamides is 1. The maximum Gasteiger partial charge on any atom is 0.273 e. The second-order valence-corrected chi connectivity index (χ2v) is 8.30. The molecule has 1 aliphatic rings. The zero-order valence-corrected chi connectivity index (χ0v) is 11.3. The molecule has 9 heteroatoms. The highest BCUT2D eigenvalue weighted by Crippen LogP contribution is 2.35. The molecule has 0 radical (unpaired) electrons. The molecule has 17 heavy (non-hydrogen) atoms. The first kappa shape index (κ1) is 12.6. The van der Waals surface area contributed by atoms with Gasteiger partial charge in [0.25, 0.3) is 10.0 Å². The van der Waals surface area contributed by atoms with E-state index in [1.165, 1.54) is 12.3 Å². The van der Waals surface area contributed by atoms with Crippen molar-refractivity contribution in [2.75, 3.05) is 6.54 Å². The molecule has 0 unspecified atom stereocenters. The fraction of sp³-hybridized carbons (Fsp3) is 0.250. The summed E-state index contributed by atoms with van der Waals surface area (Å²) in [4.78, 5) is 0. The van der Waals surface area contributed by atoms with Crippen LogP contribution in [0.3, 0.4) is 0 Å². The second-order valence-electron chi connectivity index (χ2n) is 3.38. The van der Waals surface area contributed by atoms with Crippen molar-refractivity contribution in [3.8, 4) is 0 Å². The Balaban J connectivity index is 2.67.